The summed E-state index contributed by atoms with van der Waals surface area (Å²) in [6, 6.07) is 7.85. The Morgan fingerprint density at radius 2 is 1.71 bits per heavy atom. The number of nitrogens with one attached hydrogen (secondary N) is 1. The molecule has 0 radical (unpaired) electrons. The van der Waals surface area contributed by atoms with Gasteiger partial charge in [-0.05, 0) is 53.2 Å². The van der Waals surface area contributed by atoms with Gasteiger partial charge in [-0.15, -0.1) is 0 Å². The van der Waals surface area contributed by atoms with Crippen molar-refractivity contribution in [2.45, 2.75) is 19.9 Å². The lowest BCUT2D eigenvalue weighted by Crippen LogP contribution is -2.23. The highest BCUT2D eigenvalue weighted by atomic mass is 79.9. The van der Waals surface area contributed by atoms with Gasteiger partial charge >= 0.3 is 0 Å². The molecule has 0 saturated heterocycles. The molecule has 1 atom stereocenters. The van der Waals surface area contributed by atoms with E-state index in [1.807, 2.05) is 32.0 Å². The van der Waals surface area contributed by atoms with E-state index in [0.717, 1.165) is 15.6 Å². The van der Waals surface area contributed by atoms with Gasteiger partial charge in [-0.25, -0.2) is 8.78 Å². The van der Waals surface area contributed by atoms with E-state index < -0.39 is 17.7 Å². The highest BCUT2D eigenvalue weighted by Gasteiger charge is 2.21. The van der Waals surface area contributed by atoms with Crippen LogP contribution in [0.1, 0.15) is 29.7 Å². The van der Waals surface area contributed by atoms with Crippen LogP contribution in [0.5, 0.6) is 0 Å². The average Bonchev–Trinajstić information content (AvgIpc) is 2.43. The second-order valence-electron chi connectivity index (χ2n) is 4.80. The van der Waals surface area contributed by atoms with Crippen LogP contribution < -0.4 is 5.32 Å². The van der Waals surface area contributed by atoms with E-state index in [-0.39, 0.29) is 4.47 Å². The Kier molecular flexibility index (Phi) is 5.52. The summed E-state index contributed by atoms with van der Waals surface area (Å²) < 4.78 is 29.1. The summed E-state index contributed by atoms with van der Waals surface area (Å²) >= 11 is 6.50. The number of benzene rings is 2. The summed E-state index contributed by atoms with van der Waals surface area (Å²) in [5.74, 6) is -0.916. The first-order chi connectivity index (χ1) is 9.93. The maximum atomic E-state index is 14.3. The van der Waals surface area contributed by atoms with Gasteiger partial charge in [0.1, 0.15) is 11.6 Å². The van der Waals surface area contributed by atoms with E-state index in [2.05, 4.69) is 37.2 Å². The van der Waals surface area contributed by atoms with Crippen LogP contribution in [0.15, 0.2) is 39.3 Å². The SMILES string of the molecule is CCNC(c1cc(F)c(Br)cc1F)c1cc(C)ccc1Br. The number of hydrogen-bond donors (Lipinski definition) is 1. The smallest absolute Gasteiger partial charge is 0.137 e. The number of rotatable bonds is 4. The van der Waals surface area contributed by atoms with E-state index in [1.54, 1.807) is 0 Å². The summed E-state index contributed by atoms with van der Waals surface area (Å²) in [6.07, 6.45) is 0. The van der Waals surface area contributed by atoms with Gasteiger partial charge in [-0.1, -0.05) is 40.5 Å². The van der Waals surface area contributed by atoms with E-state index in [1.165, 1.54) is 12.1 Å². The molecule has 0 aliphatic rings. The second-order valence-corrected chi connectivity index (χ2v) is 6.51. The number of hydrogen-bond acceptors (Lipinski definition) is 1. The van der Waals surface area contributed by atoms with E-state index in [4.69, 9.17) is 0 Å². The fraction of sp³-hybridized carbons (Fsp3) is 0.250. The molecule has 112 valence electrons. The molecule has 0 amide bonds. The fourth-order valence-corrected chi connectivity index (χ4v) is 3.03. The first kappa shape index (κ1) is 16.6. The van der Waals surface area contributed by atoms with Crippen LogP contribution in [0.2, 0.25) is 0 Å². The van der Waals surface area contributed by atoms with Gasteiger partial charge in [-0.3, -0.25) is 0 Å². The van der Waals surface area contributed by atoms with Crippen molar-refractivity contribution >= 4 is 31.9 Å². The zero-order chi connectivity index (χ0) is 15.6. The van der Waals surface area contributed by atoms with Crippen molar-refractivity contribution in [3.63, 3.8) is 0 Å². The average molecular weight is 419 g/mol. The lowest BCUT2D eigenvalue weighted by Gasteiger charge is -2.21. The maximum absolute atomic E-state index is 14.3. The summed E-state index contributed by atoms with van der Waals surface area (Å²) in [5.41, 5.74) is 2.25. The van der Waals surface area contributed by atoms with Gasteiger partial charge in [0.25, 0.3) is 0 Å². The third kappa shape index (κ3) is 3.71. The molecule has 5 heteroatoms. The molecule has 1 nitrogen and oxygen atoms in total. The highest BCUT2D eigenvalue weighted by molar-refractivity contribution is 9.10. The van der Waals surface area contributed by atoms with Crippen molar-refractivity contribution in [1.82, 2.24) is 5.32 Å². The van der Waals surface area contributed by atoms with Gasteiger partial charge in [0, 0.05) is 10.0 Å². The molecular weight excluding hydrogens is 404 g/mol. The van der Waals surface area contributed by atoms with Crippen molar-refractivity contribution in [2.24, 2.45) is 0 Å². The molecule has 1 unspecified atom stereocenters. The largest absolute Gasteiger partial charge is 0.306 e. The third-order valence-corrected chi connectivity index (χ3v) is 4.55. The van der Waals surface area contributed by atoms with Gasteiger partial charge in [0.15, 0.2) is 0 Å². The van der Waals surface area contributed by atoms with Crippen LogP contribution in [0.25, 0.3) is 0 Å². The minimum absolute atomic E-state index is 0.127. The minimum atomic E-state index is -0.474. The molecule has 2 aromatic rings. The molecule has 2 rings (SSSR count). The Balaban J connectivity index is 2.58. The molecule has 0 aliphatic heterocycles. The Labute approximate surface area is 140 Å². The summed E-state index contributed by atoms with van der Waals surface area (Å²) in [5, 5.41) is 3.22. The maximum Gasteiger partial charge on any atom is 0.137 e. The zero-order valence-corrected chi connectivity index (χ0v) is 14.9. The van der Waals surface area contributed by atoms with Crippen LogP contribution in [0, 0.1) is 18.6 Å². The first-order valence-electron chi connectivity index (χ1n) is 6.58. The van der Waals surface area contributed by atoms with E-state index in [9.17, 15) is 8.78 Å². The topological polar surface area (TPSA) is 12.0 Å². The first-order valence-corrected chi connectivity index (χ1v) is 8.16. The quantitative estimate of drug-likeness (QED) is 0.646. The fourth-order valence-electron chi connectivity index (χ4n) is 2.24. The van der Waals surface area contributed by atoms with Crippen LogP contribution in [-0.4, -0.2) is 6.54 Å². The molecule has 0 spiro atoms. The third-order valence-electron chi connectivity index (χ3n) is 3.22. The van der Waals surface area contributed by atoms with Gasteiger partial charge in [-0.2, -0.15) is 0 Å². The van der Waals surface area contributed by atoms with E-state index in [0.29, 0.717) is 12.1 Å². The van der Waals surface area contributed by atoms with Gasteiger partial charge in [0.05, 0.1) is 10.5 Å². The Morgan fingerprint density at radius 3 is 2.38 bits per heavy atom. The second kappa shape index (κ2) is 6.99. The van der Waals surface area contributed by atoms with Crippen molar-refractivity contribution in [1.29, 1.82) is 0 Å². The van der Waals surface area contributed by atoms with Crippen LogP contribution >= 0.6 is 31.9 Å². The normalized spacial score (nSPS) is 12.5. The molecule has 0 fully saturated rings. The molecule has 0 saturated carbocycles. The summed E-state index contributed by atoms with van der Waals surface area (Å²) in [6.45, 7) is 4.55. The molecule has 0 bridgehead atoms. The minimum Gasteiger partial charge on any atom is -0.306 e. The lowest BCUT2D eigenvalue weighted by atomic mass is 9.96. The molecule has 1 N–H and O–H groups in total. The molecule has 0 heterocycles. The highest BCUT2D eigenvalue weighted by Crippen LogP contribution is 2.32. The van der Waals surface area contributed by atoms with Crippen molar-refractivity contribution in [3.05, 3.63) is 67.6 Å². The van der Waals surface area contributed by atoms with Crippen LogP contribution in [0.4, 0.5) is 8.78 Å². The Morgan fingerprint density at radius 1 is 1.00 bits per heavy atom. The van der Waals surface area contributed by atoms with Crippen molar-refractivity contribution < 1.29 is 8.78 Å². The van der Waals surface area contributed by atoms with Gasteiger partial charge in [0.2, 0.25) is 0 Å². The molecule has 21 heavy (non-hydrogen) atoms. The van der Waals surface area contributed by atoms with Gasteiger partial charge < -0.3 is 5.32 Å². The Bertz CT molecular complexity index is 659. The molecule has 2 aromatic carbocycles. The van der Waals surface area contributed by atoms with E-state index >= 15 is 0 Å². The van der Waals surface area contributed by atoms with Crippen LogP contribution in [0.3, 0.4) is 0 Å². The lowest BCUT2D eigenvalue weighted by molar-refractivity contribution is 0.541. The van der Waals surface area contributed by atoms with Crippen molar-refractivity contribution in [3.8, 4) is 0 Å². The number of halogens is 4. The van der Waals surface area contributed by atoms with Crippen LogP contribution in [-0.2, 0) is 0 Å². The Hall–Kier alpha value is -0.780. The molecule has 0 aliphatic carbocycles. The summed E-state index contributed by atoms with van der Waals surface area (Å²) in [4.78, 5) is 0. The zero-order valence-electron chi connectivity index (χ0n) is 11.7. The predicted octanol–water partition coefficient (Wildman–Crippen LogP) is 5.50. The monoisotopic (exact) mass is 417 g/mol. The number of aryl methyl sites for hydroxylation is 1. The summed E-state index contributed by atoms with van der Waals surface area (Å²) in [7, 11) is 0. The molecular formula is C16H15Br2F2N. The predicted molar refractivity (Wildman–Crippen MR) is 88.5 cm³/mol. The van der Waals surface area contributed by atoms with Crippen molar-refractivity contribution in [2.75, 3.05) is 6.54 Å². The molecule has 0 aromatic heterocycles. The standard InChI is InChI=1S/C16H15Br2F2N/c1-3-21-16(10-6-9(2)4-5-12(10)17)11-7-15(20)13(18)8-14(11)19/h4-8,16,21H,3H2,1-2H3.